The average Bonchev–Trinajstić information content (AvgIpc) is 2.90. The summed E-state index contributed by atoms with van der Waals surface area (Å²) in [4.78, 5) is 28.1. The van der Waals surface area contributed by atoms with Crippen molar-refractivity contribution in [2.75, 3.05) is 25.1 Å². The van der Waals surface area contributed by atoms with Gasteiger partial charge in [0.05, 0.1) is 24.1 Å². The Morgan fingerprint density at radius 1 is 1.09 bits per heavy atom. The van der Waals surface area contributed by atoms with Crippen LogP contribution in [-0.2, 0) is 13.1 Å². The van der Waals surface area contributed by atoms with Crippen LogP contribution in [0.4, 0.5) is 36.4 Å². The summed E-state index contributed by atoms with van der Waals surface area (Å²) in [6.45, 7) is 3.34. The second-order valence-corrected chi connectivity index (χ2v) is 10.9. The average molecular weight is 634 g/mol. The van der Waals surface area contributed by atoms with Crippen molar-refractivity contribution in [2.45, 2.75) is 52.5 Å². The molecule has 1 saturated heterocycles. The minimum atomic E-state index is -4.91. The second kappa shape index (κ2) is 12.2. The number of halogens is 7. The van der Waals surface area contributed by atoms with E-state index in [2.05, 4.69) is 10.1 Å². The summed E-state index contributed by atoms with van der Waals surface area (Å²) in [5.41, 5.74) is -1.67. The zero-order valence-electron chi connectivity index (χ0n) is 24.1. The number of anilines is 1. The quantitative estimate of drug-likeness (QED) is 0.343. The van der Waals surface area contributed by atoms with Gasteiger partial charge in [-0.15, -0.1) is 13.2 Å². The summed E-state index contributed by atoms with van der Waals surface area (Å²) in [6.07, 6.45) is -9.69. The van der Waals surface area contributed by atoms with E-state index in [-0.39, 0.29) is 48.4 Å². The van der Waals surface area contributed by atoms with E-state index in [1.165, 1.54) is 13.0 Å². The third kappa shape index (κ3) is 7.03. The highest BCUT2D eigenvalue weighted by Gasteiger charge is 2.36. The fourth-order valence-electron chi connectivity index (χ4n) is 5.52. The second-order valence-electron chi connectivity index (χ2n) is 10.9. The third-order valence-corrected chi connectivity index (χ3v) is 7.53. The van der Waals surface area contributed by atoms with E-state index in [1.807, 2.05) is 0 Å². The van der Waals surface area contributed by atoms with Crippen molar-refractivity contribution in [2.24, 2.45) is 11.8 Å². The molecule has 44 heavy (non-hydrogen) atoms. The van der Waals surface area contributed by atoms with Crippen molar-refractivity contribution in [3.8, 4) is 11.5 Å². The lowest BCUT2D eigenvalue weighted by molar-refractivity contribution is -0.274. The molecule has 2 N–H and O–H groups in total. The van der Waals surface area contributed by atoms with Crippen LogP contribution in [0.2, 0.25) is 0 Å². The van der Waals surface area contributed by atoms with Gasteiger partial charge in [-0.1, -0.05) is 19.9 Å². The minimum Gasteiger partial charge on any atom is -0.492 e. The largest absolute Gasteiger partial charge is 0.573 e. The number of aliphatic hydroxyl groups excluding tert-OH is 1. The number of benzene rings is 2. The molecule has 0 aliphatic carbocycles. The fourth-order valence-corrected chi connectivity index (χ4v) is 5.52. The van der Waals surface area contributed by atoms with Gasteiger partial charge < -0.3 is 29.4 Å². The number of hydrogen-bond acceptors (Lipinski definition) is 6. The van der Waals surface area contributed by atoms with E-state index in [1.54, 1.807) is 18.7 Å². The molecule has 1 fully saturated rings. The number of aryl methyl sites for hydroxylation is 1. The Hall–Kier alpha value is -4.01. The molecule has 2 aromatic carbocycles. The first-order chi connectivity index (χ1) is 20.4. The number of alkyl halides is 6. The number of nitrogens with zero attached hydrogens (tertiary/aromatic N) is 2. The lowest BCUT2D eigenvalue weighted by atomic mass is 9.88. The molecule has 1 aliphatic rings. The predicted molar refractivity (Wildman–Crippen MR) is 146 cm³/mol. The zero-order chi connectivity index (χ0) is 32.7. The maximum atomic E-state index is 15.7. The predicted octanol–water partition coefficient (Wildman–Crippen LogP) is 5.30. The Labute approximate surface area is 247 Å². The molecule has 2 unspecified atom stereocenters. The molecule has 1 aromatic heterocycles. The summed E-state index contributed by atoms with van der Waals surface area (Å²) < 4.78 is 104. The van der Waals surface area contributed by atoms with E-state index in [9.17, 15) is 41.0 Å². The molecule has 0 saturated carbocycles. The number of carbonyl (C=O) groups is 1. The number of ether oxygens (including phenoxy) is 2. The molecule has 2 atom stereocenters. The number of piperidine rings is 1. The van der Waals surface area contributed by atoms with Crippen LogP contribution in [0.5, 0.6) is 11.5 Å². The molecule has 2 heterocycles. The van der Waals surface area contributed by atoms with Gasteiger partial charge in [0.1, 0.15) is 23.5 Å². The maximum absolute atomic E-state index is 15.7. The molecule has 3 aromatic rings. The maximum Gasteiger partial charge on any atom is 0.573 e. The van der Waals surface area contributed by atoms with Gasteiger partial charge in [0.25, 0.3) is 5.91 Å². The number of hydrogen-bond donors (Lipinski definition) is 2. The van der Waals surface area contributed by atoms with Gasteiger partial charge in [-0.3, -0.25) is 9.59 Å². The third-order valence-electron chi connectivity index (χ3n) is 7.53. The molecule has 0 radical (unpaired) electrons. The number of nitrogens with one attached hydrogen (secondary N) is 1. The van der Waals surface area contributed by atoms with E-state index in [4.69, 9.17) is 4.74 Å². The van der Waals surface area contributed by atoms with Crippen molar-refractivity contribution in [1.29, 1.82) is 0 Å². The number of pyridine rings is 1. The fraction of sp³-hybridized carbons (Fsp3) is 0.448. The zero-order valence-corrected chi connectivity index (χ0v) is 24.1. The Kier molecular flexibility index (Phi) is 9.10. The van der Waals surface area contributed by atoms with Gasteiger partial charge in [-0.2, -0.15) is 13.2 Å². The minimum absolute atomic E-state index is 0.164. The van der Waals surface area contributed by atoms with Crippen LogP contribution in [0.3, 0.4) is 0 Å². The standard InChI is InChI=1S/C29H30F7N3O5/c1-14-7-18(44-29(34,35)36)6-5-17(14)9-37-27(42)20-12-39(13-28(31,32)33)22-19(25(20)41)8-21(30)23(26(22)43-4)38-10-15(2)24(40)16(3)11-38/h5-8,12,15-16,24,40H,9-11,13H2,1-4H3,(H,37,42). The number of amides is 1. The van der Waals surface area contributed by atoms with Gasteiger partial charge in [0, 0.05) is 25.8 Å². The van der Waals surface area contributed by atoms with E-state index in [0.717, 1.165) is 31.5 Å². The van der Waals surface area contributed by atoms with Crippen molar-refractivity contribution < 1.29 is 50.1 Å². The van der Waals surface area contributed by atoms with E-state index in [0.29, 0.717) is 15.7 Å². The molecule has 8 nitrogen and oxygen atoms in total. The Morgan fingerprint density at radius 3 is 2.27 bits per heavy atom. The molecule has 4 rings (SSSR count). The van der Waals surface area contributed by atoms with Crippen LogP contribution in [-0.4, -0.2) is 54.4 Å². The Bertz CT molecular complexity index is 1610. The van der Waals surface area contributed by atoms with Crippen LogP contribution in [0, 0.1) is 24.6 Å². The lowest BCUT2D eigenvalue weighted by Gasteiger charge is -2.40. The van der Waals surface area contributed by atoms with Gasteiger partial charge in [0.2, 0.25) is 5.43 Å². The van der Waals surface area contributed by atoms with Crippen LogP contribution in [0.1, 0.15) is 35.3 Å². The monoisotopic (exact) mass is 633 g/mol. The highest BCUT2D eigenvalue weighted by atomic mass is 19.4. The van der Waals surface area contributed by atoms with Crippen LogP contribution in [0.15, 0.2) is 35.3 Å². The topological polar surface area (TPSA) is 93.0 Å². The summed E-state index contributed by atoms with van der Waals surface area (Å²) in [7, 11) is 1.12. The Morgan fingerprint density at radius 2 is 1.73 bits per heavy atom. The summed E-state index contributed by atoms with van der Waals surface area (Å²) >= 11 is 0. The first-order valence-corrected chi connectivity index (χ1v) is 13.5. The summed E-state index contributed by atoms with van der Waals surface area (Å²) in [5, 5.41) is 12.2. The Balaban J connectivity index is 1.76. The van der Waals surface area contributed by atoms with E-state index < -0.39 is 59.0 Å². The smallest absolute Gasteiger partial charge is 0.492 e. The molecular weight excluding hydrogens is 603 g/mol. The number of fused-ring (bicyclic) bond motifs is 1. The van der Waals surface area contributed by atoms with Crippen LogP contribution in [0.25, 0.3) is 10.9 Å². The number of aromatic nitrogens is 1. The first kappa shape index (κ1) is 32.9. The number of aliphatic hydroxyl groups is 1. The SMILES string of the molecule is COc1c(N2CC(C)C(O)C(C)C2)c(F)cc2c(=O)c(C(=O)NCc3ccc(OC(F)(F)F)cc3C)cn(CC(F)(F)F)c12. The van der Waals surface area contributed by atoms with Gasteiger partial charge in [0.15, 0.2) is 11.6 Å². The van der Waals surface area contributed by atoms with Crippen molar-refractivity contribution in [3.05, 3.63) is 63.2 Å². The normalized spacial score (nSPS) is 19.3. The molecule has 0 bridgehead atoms. The molecule has 0 spiro atoms. The summed E-state index contributed by atoms with van der Waals surface area (Å²) in [5.74, 6) is -3.48. The first-order valence-electron chi connectivity index (χ1n) is 13.5. The number of methoxy groups -OCH3 is 1. The van der Waals surface area contributed by atoms with Gasteiger partial charge >= 0.3 is 12.5 Å². The molecule has 240 valence electrons. The summed E-state index contributed by atoms with van der Waals surface area (Å²) in [6, 6.07) is 4.12. The number of rotatable bonds is 7. The van der Waals surface area contributed by atoms with Crippen molar-refractivity contribution in [1.82, 2.24) is 9.88 Å². The van der Waals surface area contributed by atoms with Crippen molar-refractivity contribution >= 4 is 22.5 Å². The lowest BCUT2D eigenvalue weighted by Crippen LogP contribution is -2.47. The molecule has 15 heteroatoms. The van der Waals surface area contributed by atoms with E-state index >= 15 is 4.39 Å². The van der Waals surface area contributed by atoms with Crippen LogP contribution >= 0.6 is 0 Å². The van der Waals surface area contributed by atoms with Gasteiger partial charge in [-0.05, 0) is 48.1 Å². The molecular formula is C29H30F7N3O5. The van der Waals surface area contributed by atoms with Crippen molar-refractivity contribution in [3.63, 3.8) is 0 Å². The highest BCUT2D eigenvalue weighted by molar-refractivity contribution is 5.99. The molecule has 1 amide bonds. The molecule has 1 aliphatic heterocycles. The van der Waals surface area contributed by atoms with Crippen LogP contribution < -0.4 is 25.1 Å². The van der Waals surface area contributed by atoms with Gasteiger partial charge in [-0.25, -0.2) is 4.39 Å². The highest BCUT2D eigenvalue weighted by Crippen LogP contribution is 2.41. The number of carbonyl (C=O) groups excluding carboxylic acids is 1.